The molecular formula is C18H28Cl2N2O2. The topological polar surface area (TPSA) is 45.1 Å². The smallest absolute Gasteiger partial charge is 0.175 e. The van der Waals surface area contributed by atoms with Gasteiger partial charge in [0.1, 0.15) is 12.7 Å². The van der Waals surface area contributed by atoms with Crippen LogP contribution in [0.3, 0.4) is 0 Å². The molecule has 1 heterocycles. The second kappa shape index (κ2) is 11.7. The maximum atomic E-state index is 10.0. The Kier molecular flexibility index (Phi) is 10.3. The summed E-state index contributed by atoms with van der Waals surface area (Å²) in [5, 5.41) is 14.8. The van der Waals surface area contributed by atoms with Gasteiger partial charge in [0.2, 0.25) is 0 Å². The lowest BCUT2D eigenvalue weighted by Crippen LogP contribution is -2.38. The highest BCUT2D eigenvalue weighted by Gasteiger charge is 2.15. The van der Waals surface area contributed by atoms with E-state index in [0.717, 1.165) is 18.7 Å². The molecule has 1 fully saturated rings. The van der Waals surface area contributed by atoms with E-state index in [2.05, 4.69) is 10.1 Å². The Hall–Kier alpha value is -0.810. The number of oxime groups is 1. The number of rotatable bonds is 8. The molecular weight excluding hydrogens is 347 g/mol. The van der Waals surface area contributed by atoms with Crippen molar-refractivity contribution in [3.05, 3.63) is 34.4 Å². The number of hydrogen-bond donors (Lipinski definition) is 1. The van der Waals surface area contributed by atoms with Crippen LogP contribution < -0.4 is 0 Å². The van der Waals surface area contributed by atoms with Crippen molar-refractivity contribution >= 4 is 28.4 Å². The van der Waals surface area contributed by atoms with E-state index < -0.39 is 6.10 Å². The van der Waals surface area contributed by atoms with Crippen molar-refractivity contribution < 1.29 is 9.94 Å². The first-order valence-electron chi connectivity index (χ1n) is 8.37. The quantitative estimate of drug-likeness (QED) is 0.388. The van der Waals surface area contributed by atoms with Crippen molar-refractivity contribution in [3.63, 3.8) is 0 Å². The molecule has 0 bridgehead atoms. The number of nitrogens with zero attached hydrogens (tertiary/aromatic N) is 2. The summed E-state index contributed by atoms with van der Waals surface area (Å²) in [6, 6.07) is 0. The van der Waals surface area contributed by atoms with E-state index >= 15 is 0 Å². The van der Waals surface area contributed by atoms with Gasteiger partial charge in [0.25, 0.3) is 0 Å². The van der Waals surface area contributed by atoms with Crippen LogP contribution in [0, 0.1) is 0 Å². The molecule has 1 aliphatic heterocycles. The van der Waals surface area contributed by atoms with Crippen LogP contribution in [0.5, 0.6) is 0 Å². The predicted molar refractivity (Wildman–Crippen MR) is 103 cm³/mol. The van der Waals surface area contributed by atoms with Crippen LogP contribution >= 0.6 is 23.2 Å². The Labute approximate surface area is 155 Å². The summed E-state index contributed by atoms with van der Waals surface area (Å²) in [5.41, 5.74) is 1.73. The van der Waals surface area contributed by atoms with Crippen molar-refractivity contribution in [1.82, 2.24) is 4.90 Å². The van der Waals surface area contributed by atoms with Crippen LogP contribution in [-0.4, -0.2) is 47.5 Å². The van der Waals surface area contributed by atoms with Gasteiger partial charge in [-0.25, -0.2) is 0 Å². The van der Waals surface area contributed by atoms with E-state index in [1.165, 1.54) is 19.3 Å². The highest BCUT2D eigenvalue weighted by Crippen LogP contribution is 2.14. The molecule has 1 N–H and O–H groups in total. The van der Waals surface area contributed by atoms with Gasteiger partial charge in [0, 0.05) is 17.2 Å². The highest BCUT2D eigenvalue weighted by molar-refractivity contribution is 6.69. The first kappa shape index (κ1) is 21.2. The third kappa shape index (κ3) is 8.34. The zero-order valence-corrected chi connectivity index (χ0v) is 16.3. The molecule has 24 heavy (non-hydrogen) atoms. The largest absolute Gasteiger partial charge is 0.392 e. The van der Waals surface area contributed by atoms with Gasteiger partial charge >= 0.3 is 0 Å². The number of hydrogen-bond acceptors (Lipinski definition) is 4. The van der Waals surface area contributed by atoms with Gasteiger partial charge in [-0.1, -0.05) is 52.5 Å². The molecule has 0 aromatic heterocycles. The van der Waals surface area contributed by atoms with Crippen LogP contribution in [-0.2, 0) is 4.84 Å². The fourth-order valence-corrected chi connectivity index (χ4v) is 2.62. The SMILES string of the molecule is C/C=C(\C=C/C(Cl)=C(C)C)C(/Cl)=N/OCC(O)CN1CCCCC1. The molecule has 1 unspecified atom stereocenters. The minimum Gasteiger partial charge on any atom is -0.392 e. The van der Waals surface area contributed by atoms with E-state index in [0.29, 0.717) is 17.2 Å². The number of piperidine rings is 1. The number of halogens is 2. The summed E-state index contributed by atoms with van der Waals surface area (Å²) in [5.74, 6) is 0. The summed E-state index contributed by atoms with van der Waals surface area (Å²) in [6.45, 7) is 8.55. The summed E-state index contributed by atoms with van der Waals surface area (Å²) < 4.78 is 0. The number of β-amino-alcohol motifs (C(OH)–C–C–N with tert-alkyl or cyclic N) is 1. The van der Waals surface area contributed by atoms with E-state index in [-0.39, 0.29) is 11.8 Å². The molecule has 0 spiro atoms. The molecule has 0 aliphatic carbocycles. The first-order valence-corrected chi connectivity index (χ1v) is 9.13. The molecule has 0 aromatic carbocycles. The summed E-state index contributed by atoms with van der Waals surface area (Å²) >= 11 is 12.2. The van der Waals surface area contributed by atoms with Crippen LogP contribution in [0.1, 0.15) is 40.0 Å². The van der Waals surface area contributed by atoms with Crippen molar-refractivity contribution in [3.8, 4) is 0 Å². The Morgan fingerprint density at radius 1 is 1.21 bits per heavy atom. The third-order valence-corrected chi connectivity index (χ3v) is 4.56. The zero-order chi connectivity index (χ0) is 17.9. The van der Waals surface area contributed by atoms with E-state index in [1.54, 1.807) is 12.2 Å². The normalized spacial score (nSPS) is 18.8. The van der Waals surface area contributed by atoms with Crippen LogP contribution in [0.15, 0.2) is 39.6 Å². The maximum absolute atomic E-state index is 10.0. The number of aliphatic hydroxyl groups excluding tert-OH is 1. The molecule has 6 heteroatoms. The van der Waals surface area contributed by atoms with E-state index in [9.17, 15) is 5.11 Å². The molecule has 1 aliphatic rings. The van der Waals surface area contributed by atoms with Crippen LogP contribution in [0.25, 0.3) is 0 Å². The van der Waals surface area contributed by atoms with Crippen molar-refractivity contribution in [2.24, 2.45) is 5.16 Å². The van der Waals surface area contributed by atoms with Gasteiger partial charge < -0.3 is 14.8 Å². The Balaban J connectivity index is 2.45. The third-order valence-electron chi connectivity index (χ3n) is 3.77. The van der Waals surface area contributed by atoms with E-state index in [4.69, 9.17) is 28.0 Å². The van der Waals surface area contributed by atoms with Gasteiger partial charge in [-0.3, -0.25) is 0 Å². The van der Waals surface area contributed by atoms with Crippen molar-refractivity contribution in [1.29, 1.82) is 0 Å². The zero-order valence-electron chi connectivity index (χ0n) is 14.8. The Morgan fingerprint density at radius 2 is 1.88 bits per heavy atom. The van der Waals surface area contributed by atoms with Crippen LogP contribution in [0.2, 0.25) is 0 Å². The molecule has 4 nitrogen and oxygen atoms in total. The van der Waals surface area contributed by atoms with Crippen molar-refractivity contribution in [2.75, 3.05) is 26.2 Å². The lowest BCUT2D eigenvalue weighted by Gasteiger charge is -2.27. The molecule has 0 aromatic rings. The monoisotopic (exact) mass is 374 g/mol. The maximum Gasteiger partial charge on any atom is 0.175 e. The fraction of sp³-hybridized carbons (Fsp3) is 0.611. The average Bonchev–Trinajstić information content (AvgIpc) is 2.56. The highest BCUT2D eigenvalue weighted by atomic mass is 35.5. The standard InChI is InChI=1S/C18H28Cl2N2O2/c1-4-15(8-9-17(19)14(2)3)18(20)21-24-13-16(23)12-22-10-6-5-7-11-22/h4,8-9,16,23H,5-7,10-13H2,1-3H3/b9-8-,15-4+,21-18-. The Bertz CT molecular complexity index is 503. The molecule has 1 rings (SSSR count). The first-order chi connectivity index (χ1) is 11.4. The average molecular weight is 375 g/mol. The van der Waals surface area contributed by atoms with E-state index in [1.807, 2.05) is 26.8 Å². The van der Waals surface area contributed by atoms with Gasteiger partial charge in [0.15, 0.2) is 5.17 Å². The summed E-state index contributed by atoms with van der Waals surface area (Å²) in [7, 11) is 0. The molecule has 136 valence electrons. The number of allylic oxidation sites excluding steroid dienone is 6. The summed E-state index contributed by atoms with van der Waals surface area (Å²) in [4.78, 5) is 7.45. The van der Waals surface area contributed by atoms with Gasteiger partial charge in [0.05, 0.1) is 0 Å². The molecule has 0 amide bonds. The minimum atomic E-state index is -0.568. The second-order valence-electron chi connectivity index (χ2n) is 6.12. The van der Waals surface area contributed by atoms with Gasteiger partial charge in [-0.15, -0.1) is 0 Å². The predicted octanol–water partition coefficient (Wildman–Crippen LogP) is 4.44. The van der Waals surface area contributed by atoms with Crippen LogP contribution in [0.4, 0.5) is 0 Å². The number of aliphatic hydroxyl groups is 1. The second-order valence-corrected chi connectivity index (χ2v) is 6.88. The molecule has 0 saturated carbocycles. The van der Waals surface area contributed by atoms with Crippen molar-refractivity contribution in [2.45, 2.75) is 46.1 Å². The molecule has 1 atom stereocenters. The lowest BCUT2D eigenvalue weighted by molar-refractivity contribution is 0.0161. The molecule has 0 radical (unpaired) electrons. The number of likely N-dealkylation sites (tertiary alicyclic amines) is 1. The minimum absolute atomic E-state index is 0.127. The summed E-state index contributed by atoms with van der Waals surface area (Å²) in [6.07, 6.45) is 8.49. The Morgan fingerprint density at radius 3 is 2.46 bits per heavy atom. The fourth-order valence-electron chi connectivity index (χ4n) is 2.34. The van der Waals surface area contributed by atoms with Gasteiger partial charge in [-0.2, -0.15) is 0 Å². The van der Waals surface area contributed by atoms with Gasteiger partial charge in [-0.05, 0) is 52.8 Å². The molecule has 1 saturated heterocycles. The lowest BCUT2D eigenvalue weighted by atomic mass is 10.1.